The summed E-state index contributed by atoms with van der Waals surface area (Å²) >= 11 is 18.4. The van der Waals surface area contributed by atoms with E-state index < -0.39 is 3.12 Å². The largest absolute Gasteiger partial charge is 0.271 e. The molecule has 0 spiro atoms. The van der Waals surface area contributed by atoms with Gasteiger partial charge in [-0.05, 0) is 0 Å². The van der Waals surface area contributed by atoms with Gasteiger partial charge in [0, 0.05) is 23.4 Å². The predicted molar refractivity (Wildman–Crippen MR) is 51.9 cm³/mol. The Balaban J connectivity index is 2.80. The van der Waals surface area contributed by atoms with Crippen molar-refractivity contribution in [3.63, 3.8) is 0 Å². The van der Waals surface area contributed by atoms with Crippen LogP contribution in [0.5, 0.6) is 0 Å². The first-order valence-corrected chi connectivity index (χ1v) is 5.17. The maximum atomic E-state index is 10.9. The topological polar surface area (TPSA) is 22.0 Å². The molecule has 0 bridgehead atoms. The number of rotatable bonds is 1. The zero-order chi connectivity index (χ0) is 8.48. The third kappa shape index (κ3) is 3.25. The highest BCUT2D eigenvalue weighted by Crippen LogP contribution is 2.39. The van der Waals surface area contributed by atoms with E-state index in [9.17, 15) is 4.79 Å². The van der Waals surface area contributed by atoms with E-state index >= 15 is 0 Å². The van der Waals surface area contributed by atoms with Gasteiger partial charge in [0.25, 0.3) is 8.68 Å². The molecule has 62 valence electrons. The minimum atomic E-state index is -1.48. The van der Waals surface area contributed by atoms with Crippen LogP contribution in [0.15, 0.2) is 16.2 Å². The third-order valence-corrected chi connectivity index (χ3v) is 3.02. The number of alkyl halides is 3. The van der Waals surface area contributed by atoms with Gasteiger partial charge in [0.05, 0.1) is 0 Å². The Morgan fingerprint density at radius 1 is 1.55 bits per heavy atom. The first-order valence-electron chi connectivity index (χ1n) is 2.42. The van der Waals surface area contributed by atoms with Crippen molar-refractivity contribution in [3.05, 3.63) is 21.8 Å². The highest BCUT2D eigenvalue weighted by Gasteiger charge is 2.22. The van der Waals surface area contributed by atoms with Gasteiger partial charge in [0.15, 0.2) is 0 Å². The first kappa shape index (κ1) is 9.74. The lowest BCUT2D eigenvalue weighted by Gasteiger charge is -2.07. The Kier molecular flexibility index (Phi) is 3.17. The summed E-state index contributed by atoms with van der Waals surface area (Å²) < 4.78 is -0.179. The van der Waals surface area contributed by atoms with Gasteiger partial charge in [0.2, 0.25) is 0 Å². The van der Waals surface area contributed by atoms with Crippen LogP contribution in [-0.4, -0.2) is 6.49 Å². The van der Waals surface area contributed by atoms with Crippen LogP contribution in [0.3, 0.4) is 0 Å². The molecule has 0 aliphatic rings. The summed E-state index contributed by atoms with van der Waals surface area (Å²) in [6, 6.07) is 1.41. The lowest BCUT2D eigenvalue weighted by Crippen LogP contribution is -2.10. The molecule has 0 saturated heterocycles. The molecule has 0 fully saturated rings. The second-order valence-electron chi connectivity index (χ2n) is 1.54. The van der Waals surface area contributed by atoms with Crippen LogP contribution in [0.4, 0.5) is 0 Å². The minimum Gasteiger partial charge on any atom is -0.268 e. The van der Waals surface area contributed by atoms with E-state index in [1.807, 2.05) is 0 Å². The van der Waals surface area contributed by atoms with Crippen LogP contribution in [-0.2, 0) is 0 Å². The fraction of sp³-hybridized carbons (Fsp3) is 0.250. The summed E-state index contributed by atoms with van der Waals surface area (Å²) in [5.74, 6) is 0. The third-order valence-electron chi connectivity index (χ3n) is 0.734. The fourth-order valence-corrected chi connectivity index (χ4v) is 2.85. The van der Waals surface area contributed by atoms with Crippen molar-refractivity contribution in [1.29, 1.82) is 0 Å². The first-order chi connectivity index (χ1) is 4.99. The second-order valence-corrected chi connectivity index (χ2v) is 6.73. The Morgan fingerprint density at radius 2 is 2.18 bits per heavy atom. The average molecular weight is 251 g/mol. The summed E-state index contributed by atoms with van der Waals surface area (Å²) in [6.45, 7) is 0. The Labute approximate surface area is 86.3 Å². The predicted octanol–water partition coefficient (Wildman–Crippen LogP) is 2.73. The summed E-state index contributed by atoms with van der Waals surface area (Å²) in [5, 5.41) is 1.63. The molecule has 0 aliphatic heterocycles. The zero-order valence-corrected chi connectivity index (χ0v) is 8.86. The molecule has 0 saturated carbocycles. The number of hydrogen-bond acceptors (Lipinski definition) is 3. The monoisotopic (exact) mass is 249 g/mol. The molecule has 0 radical (unpaired) electrons. The molecule has 11 heavy (non-hydrogen) atoms. The van der Waals surface area contributed by atoms with Gasteiger partial charge in [-0.1, -0.05) is 46.3 Å². The normalized spacial score (nSPS) is 11.9. The Hall–Kier alpha value is 0.650. The molecule has 7 heteroatoms. The maximum absolute atomic E-state index is 10.9. The fourth-order valence-electron chi connectivity index (χ4n) is 0.417. The zero-order valence-electron chi connectivity index (χ0n) is 4.96. The number of aromatic nitrogens is 1. The van der Waals surface area contributed by atoms with Crippen molar-refractivity contribution >= 4 is 58.3 Å². The molecular formula is C4H2Cl3NOS2. The standard InChI is InChI=1S/C4H2Cl3NOS2/c5-4(6,7)11-8-3(9)1-2-10-8/h1-2H. The molecule has 1 aromatic rings. The molecule has 2 nitrogen and oxygen atoms in total. The Bertz CT molecular complexity index is 288. The van der Waals surface area contributed by atoms with Crippen molar-refractivity contribution < 1.29 is 0 Å². The lowest BCUT2D eigenvalue weighted by atomic mass is 10.8. The van der Waals surface area contributed by atoms with Crippen LogP contribution < -0.4 is 5.56 Å². The summed E-state index contributed by atoms with van der Waals surface area (Å²) in [7, 11) is 0. The molecule has 0 atom stereocenters. The van der Waals surface area contributed by atoms with Gasteiger partial charge in [-0.2, -0.15) is 3.36 Å². The minimum absolute atomic E-state index is 0.175. The van der Waals surface area contributed by atoms with Crippen LogP contribution in [0.1, 0.15) is 0 Å². The maximum Gasteiger partial charge on any atom is 0.271 e. The van der Waals surface area contributed by atoms with Crippen LogP contribution >= 0.6 is 58.3 Å². The highest BCUT2D eigenvalue weighted by atomic mass is 35.6. The number of hydrogen-bond donors (Lipinski definition) is 0. The van der Waals surface area contributed by atoms with Gasteiger partial charge < -0.3 is 0 Å². The smallest absolute Gasteiger partial charge is 0.268 e. The molecular weight excluding hydrogens is 249 g/mol. The average Bonchev–Trinajstić information content (AvgIpc) is 2.12. The van der Waals surface area contributed by atoms with Crippen molar-refractivity contribution in [3.8, 4) is 0 Å². The van der Waals surface area contributed by atoms with E-state index in [2.05, 4.69) is 0 Å². The van der Waals surface area contributed by atoms with E-state index in [0.717, 1.165) is 11.9 Å². The van der Waals surface area contributed by atoms with Crippen LogP contribution in [0.2, 0.25) is 0 Å². The molecule has 0 amide bonds. The highest BCUT2D eigenvalue weighted by molar-refractivity contribution is 8.04. The molecule has 0 aliphatic carbocycles. The van der Waals surface area contributed by atoms with Gasteiger partial charge in [-0.15, -0.1) is 0 Å². The van der Waals surface area contributed by atoms with E-state index in [1.165, 1.54) is 21.0 Å². The van der Waals surface area contributed by atoms with Gasteiger partial charge >= 0.3 is 0 Å². The second kappa shape index (κ2) is 3.58. The van der Waals surface area contributed by atoms with Crippen molar-refractivity contribution in [1.82, 2.24) is 3.36 Å². The van der Waals surface area contributed by atoms with Crippen LogP contribution in [0, 0.1) is 0 Å². The molecule has 1 aromatic heterocycles. The molecule has 1 heterocycles. The number of nitrogens with zero attached hydrogens (tertiary/aromatic N) is 1. The van der Waals surface area contributed by atoms with E-state index in [0.29, 0.717) is 0 Å². The van der Waals surface area contributed by atoms with Crippen molar-refractivity contribution in [2.24, 2.45) is 0 Å². The van der Waals surface area contributed by atoms with Crippen molar-refractivity contribution in [2.75, 3.05) is 0 Å². The molecule has 1 rings (SSSR count). The van der Waals surface area contributed by atoms with Crippen molar-refractivity contribution in [2.45, 2.75) is 3.12 Å². The lowest BCUT2D eigenvalue weighted by molar-refractivity contribution is 1.32. The van der Waals surface area contributed by atoms with Gasteiger partial charge in [0.1, 0.15) is 0 Å². The SMILES string of the molecule is O=c1ccsn1SC(Cl)(Cl)Cl. The van der Waals surface area contributed by atoms with E-state index in [1.54, 1.807) is 5.38 Å². The molecule has 0 aromatic carbocycles. The van der Waals surface area contributed by atoms with E-state index in [4.69, 9.17) is 34.8 Å². The Morgan fingerprint density at radius 3 is 2.55 bits per heavy atom. The quantitative estimate of drug-likeness (QED) is 0.715. The van der Waals surface area contributed by atoms with E-state index in [-0.39, 0.29) is 5.56 Å². The van der Waals surface area contributed by atoms with Gasteiger partial charge in [-0.25, -0.2) is 0 Å². The van der Waals surface area contributed by atoms with Crippen LogP contribution in [0.25, 0.3) is 0 Å². The summed E-state index contributed by atoms with van der Waals surface area (Å²) in [4.78, 5) is 10.9. The molecule has 0 unspecified atom stereocenters. The molecule has 0 N–H and O–H groups in total. The summed E-state index contributed by atoms with van der Waals surface area (Å²) in [5.41, 5.74) is -0.175. The summed E-state index contributed by atoms with van der Waals surface area (Å²) in [6.07, 6.45) is 0. The van der Waals surface area contributed by atoms with Gasteiger partial charge in [-0.3, -0.25) is 4.79 Å². The number of halogens is 3.